The van der Waals surface area contributed by atoms with Crippen molar-refractivity contribution < 1.29 is 14.0 Å². The first-order valence-corrected chi connectivity index (χ1v) is 11.1. The van der Waals surface area contributed by atoms with Crippen LogP contribution in [0.3, 0.4) is 0 Å². The molecule has 2 aromatic carbocycles. The fourth-order valence-electron chi connectivity index (χ4n) is 5.52. The van der Waals surface area contributed by atoms with E-state index in [-0.39, 0.29) is 30.1 Å². The van der Waals surface area contributed by atoms with Gasteiger partial charge in [-0.05, 0) is 25.0 Å². The maximum Gasteiger partial charge on any atom is 0.248 e. The summed E-state index contributed by atoms with van der Waals surface area (Å²) in [6.07, 6.45) is 1.45. The van der Waals surface area contributed by atoms with E-state index in [1.807, 2.05) is 0 Å². The topological polar surface area (TPSA) is 93.7 Å². The summed E-state index contributed by atoms with van der Waals surface area (Å²) >= 11 is 0. The van der Waals surface area contributed by atoms with Gasteiger partial charge in [0, 0.05) is 48.6 Å². The summed E-state index contributed by atoms with van der Waals surface area (Å²) in [5.74, 6) is -0.945. The third kappa shape index (κ3) is 2.77. The molecule has 3 aliphatic rings. The Labute approximate surface area is 197 Å². The van der Waals surface area contributed by atoms with Gasteiger partial charge in [0.15, 0.2) is 5.78 Å². The molecule has 7 nitrogen and oxygen atoms in total. The number of nitrogens with zero attached hydrogens (tertiary/aromatic N) is 4. The van der Waals surface area contributed by atoms with Crippen molar-refractivity contribution in [1.82, 2.24) is 10.0 Å². The Bertz CT molecular complexity index is 1340. The number of ketones is 1. The zero-order valence-corrected chi connectivity index (χ0v) is 19.0. The zero-order chi connectivity index (χ0) is 24.2. The predicted molar refractivity (Wildman–Crippen MR) is 124 cm³/mol. The maximum atomic E-state index is 14.6. The lowest BCUT2D eigenvalue weighted by Crippen LogP contribution is -2.54. The monoisotopic (exact) mass is 457 g/mol. The molecule has 8 heteroatoms. The lowest BCUT2D eigenvalue weighted by molar-refractivity contribution is -0.124. The van der Waals surface area contributed by atoms with Gasteiger partial charge in [-0.2, -0.15) is 5.26 Å². The fraction of sp³-hybridized carbons (Fsp3) is 0.269. The van der Waals surface area contributed by atoms with Gasteiger partial charge in [0.2, 0.25) is 5.91 Å². The quantitative estimate of drug-likeness (QED) is 0.761. The van der Waals surface area contributed by atoms with Crippen LogP contribution in [0, 0.1) is 17.1 Å². The van der Waals surface area contributed by atoms with Crippen molar-refractivity contribution in [3.63, 3.8) is 0 Å². The Morgan fingerprint density at radius 1 is 1.12 bits per heavy atom. The molecule has 2 aromatic rings. The smallest absolute Gasteiger partial charge is 0.248 e. The highest BCUT2D eigenvalue weighted by Crippen LogP contribution is 2.56. The van der Waals surface area contributed by atoms with Crippen LogP contribution in [0.25, 0.3) is 0 Å². The molecule has 0 radical (unpaired) electrons. The molecule has 0 bridgehead atoms. The number of fused-ring (bicyclic) bond motifs is 3. The number of hydrogen-bond acceptors (Lipinski definition) is 6. The minimum atomic E-state index is -1.65. The minimum Gasteiger partial charge on any atom is -0.383 e. The summed E-state index contributed by atoms with van der Waals surface area (Å²) in [4.78, 5) is 29.4. The predicted octanol–water partition coefficient (Wildman–Crippen LogP) is 3.10. The fourth-order valence-corrected chi connectivity index (χ4v) is 5.52. The largest absolute Gasteiger partial charge is 0.383 e. The van der Waals surface area contributed by atoms with Crippen LogP contribution in [0.5, 0.6) is 0 Å². The first-order valence-electron chi connectivity index (χ1n) is 11.1. The summed E-state index contributed by atoms with van der Waals surface area (Å²) in [6.45, 7) is -0.0307. The second kappa shape index (κ2) is 7.82. The van der Waals surface area contributed by atoms with E-state index in [4.69, 9.17) is 5.73 Å². The van der Waals surface area contributed by atoms with E-state index in [0.717, 1.165) is 0 Å². The van der Waals surface area contributed by atoms with E-state index >= 15 is 0 Å². The van der Waals surface area contributed by atoms with E-state index in [9.17, 15) is 19.2 Å². The van der Waals surface area contributed by atoms with Crippen molar-refractivity contribution in [2.75, 3.05) is 19.0 Å². The van der Waals surface area contributed by atoms with Crippen LogP contribution < -0.4 is 10.6 Å². The molecule has 1 spiro atoms. The van der Waals surface area contributed by atoms with Crippen molar-refractivity contribution in [2.24, 2.45) is 5.73 Å². The molecule has 1 amide bonds. The number of para-hydroxylation sites is 1. The van der Waals surface area contributed by atoms with E-state index in [1.165, 1.54) is 11.0 Å². The molecule has 1 aliphatic carbocycles. The van der Waals surface area contributed by atoms with Crippen LogP contribution in [0.4, 0.5) is 10.1 Å². The number of nitrogens with two attached hydrogens (primary N) is 1. The highest BCUT2D eigenvalue weighted by molar-refractivity contribution is 6.20. The number of rotatable bonds is 3. The Balaban J connectivity index is 1.81. The molecule has 2 N–H and O–H groups in total. The average molecular weight is 458 g/mol. The summed E-state index contributed by atoms with van der Waals surface area (Å²) in [5, 5.41) is 13.7. The second-order valence-corrected chi connectivity index (χ2v) is 8.88. The molecule has 5 rings (SSSR count). The van der Waals surface area contributed by atoms with Gasteiger partial charge in [-0.15, -0.1) is 0 Å². The van der Waals surface area contributed by atoms with Crippen LogP contribution in [-0.4, -0.2) is 35.8 Å². The number of anilines is 1. The number of Topliss-reactive ketones (excluding diaryl/α,β-unsaturated/α-hetero) is 1. The Morgan fingerprint density at radius 2 is 1.82 bits per heavy atom. The maximum absolute atomic E-state index is 14.6. The van der Waals surface area contributed by atoms with Crippen molar-refractivity contribution in [3.8, 4) is 6.07 Å². The molecular formula is C26H24FN5O2. The van der Waals surface area contributed by atoms with E-state index < -0.39 is 17.1 Å². The first-order chi connectivity index (χ1) is 16.3. The zero-order valence-electron chi connectivity index (χ0n) is 19.0. The Kier molecular flexibility index (Phi) is 5.03. The van der Waals surface area contributed by atoms with Gasteiger partial charge in [-0.3, -0.25) is 14.6 Å². The molecule has 0 saturated carbocycles. The number of carbonyl (C=O) groups is 2. The highest BCUT2D eigenvalue weighted by Gasteiger charge is 2.62. The molecule has 34 heavy (non-hydrogen) atoms. The van der Waals surface area contributed by atoms with Crippen molar-refractivity contribution >= 4 is 17.4 Å². The highest BCUT2D eigenvalue weighted by atomic mass is 19.1. The van der Waals surface area contributed by atoms with Gasteiger partial charge in [0.05, 0.1) is 12.1 Å². The average Bonchev–Trinajstić information content (AvgIpc) is 3.04. The first kappa shape index (κ1) is 21.9. The number of benzene rings is 2. The normalized spacial score (nSPS) is 22.0. The Hall–Kier alpha value is -3.96. The molecule has 2 heterocycles. The van der Waals surface area contributed by atoms with E-state index in [0.29, 0.717) is 40.9 Å². The molecule has 172 valence electrons. The molecular weight excluding hydrogens is 433 g/mol. The molecule has 0 fully saturated rings. The van der Waals surface area contributed by atoms with Gasteiger partial charge in [-0.1, -0.05) is 36.4 Å². The number of allylic oxidation sites excluding steroid dienone is 1. The van der Waals surface area contributed by atoms with E-state index in [1.54, 1.807) is 66.6 Å². The number of halogens is 1. The number of hydrazine groups is 1. The number of nitriles is 1. The van der Waals surface area contributed by atoms with Crippen molar-refractivity contribution in [1.29, 1.82) is 5.26 Å². The summed E-state index contributed by atoms with van der Waals surface area (Å²) in [6, 6.07) is 15.5. The van der Waals surface area contributed by atoms with Crippen molar-refractivity contribution in [3.05, 3.63) is 88.1 Å². The Morgan fingerprint density at radius 3 is 2.53 bits per heavy atom. The van der Waals surface area contributed by atoms with Gasteiger partial charge >= 0.3 is 0 Å². The number of hydrogen-bond donors (Lipinski definition) is 1. The van der Waals surface area contributed by atoms with Gasteiger partial charge in [-0.25, -0.2) is 9.40 Å². The molecule has 1 unspecified atom stereocenters. The minimum absolute atomic E-state index is 0.0173. The summed E-state index contributed by atoms with van der Waals surface area (Å²) in [5.41, 5.74) is 7.25. The van der Waals surface area contributed by atoms with Gasteiger partial charge in [0.1, 0.15) is 23.1 Å². The van der Waals surface area contributed by atoms with Crippen LogP contribution in [0.15, 0.2) is 71.2 Å². The molecule has 0 aromatic heterocycles. The molecule has 1 atom stereocenters. The van der Waals surface area contributed by atoms with Gasteiger partial charge < -0.3 is 10.6 Å². The lowest BCUT2D eigenvalue weighted by Gasteiger charge is -2.45. The van der Waals surface area contributed by atoms with Gasteiger partial charge in [0.25, 0.3) is 0 Å². The summed E-state index contributed by atoms with van der Waals surface area (Å²) in [7, 11) is 3.55. The third-order valence-corrected chi connectivity index (χ3v) is 6.84. The van der Waals surface area contributed by atoms with Crippen molar-refractivity contribution in [2.45, 2.75) is 31.2 Å². The molecule has 0 saturated heterocycles. The van der Waals surface area contributed by atoms with Crippen LogP contribution in [0.2, 0.25) is 0 Å². The number of carbonyl (C=O) groups excluding carboxylic acids is 2. The van der Waals surface area contributed by atoms with E-state index in [2.05, 4.69) is 6.07 Å². The second-order valence-electron chi connectivity index (χ2n) is 8.88. The number of amides is 1. The summed E-state index contributed by atoms with van der Waals surface area (Å²) < 4.78 is 14.6. The van der Waals surface area contributed by atoms with Crippen LogP contribution in [-0.2, 0) is 21.5 Å². The van der Waals surface area contributed by atoms with Crippen LogP contribution >= 0.6 is 0 Å². The standard InChI is InChI=1S/C26H24FN5O2/c1-30(2)32-21-12-7-13-22(33)23(21)26(18(14-28)24(32)29)17-9-4-6-11-20(17)31(25(26)34)15-16-8-3-5-10-19(16)27/h3-6,8-11H,7,12-13,15,29H2,1-2H3. The third-order valence-electron chi connectivity index (χ3n) is 6.84. The van der Waals surface area contributed by atoms with Crippen LogP contribution in [0.1, 0.15) is 30.4 Å². The lowest BCUT2D eigenvalue weighted by atomic mass is 9.64. The SMILES string of the molecule is CN(C)N1C(N)=C(C#N)C2(C(=O)N(Cc3ccccc3F)c3ccccc32)C2=C1CCCC2=O. The molecule has 2 aliphatic heterocycles.